The number of nitrogen functional groups attached to an aromatic ring is 1. The molecule has 0 radical (unpaired) electrons. The quantitative estimate of drug-likeness (QED) is 0.759. The van der Waals surface area contributed by atoms with Gasteiger partial charge in [-0.1, -0.05) is 44.5 Å². The first-order chi connectivity index (χ1) is 9.27. The van der Waals surface area contributed by atoms with E-state index in [0.717, 1.165) is 17.1 Å². The summed E-state index contributed by atoms with van der Waals surface area (Å²) in [6, 6.07) is 11.7. The van der Waals surface area contributed by atoms with E-state index >= 15 is 0 Å². The topological polar surface area (TPSA) is 35.2 Å². The molecule has 106 valence electrons. The lowest BCUT2D eigenvalue weighted by Crippen LogP contribution is -2.10. The SMILES string of the molecule is Cc1cc(N)c(Cl)cc1Oc1cccc(C(C)(C)C)c1. The number of hydrogen-bond donors (Lipinski definition) is 1. The molecule has 0 atom stereocenters. The summed E-state index contributed by atoms with van der Waals surface area (Å²) in [4.78, 5) is 0. The van der Waals surface area contributed by atoms with Gasteiger partial charge in [0.2, 0.25) is 0 Å². The first-order valence-corrected chi connectivity index (χ1v) is 6.99. The molecule has 0 unspecified atom stereocenters. The number of ether oxygens (including phenoxy) is 1. The van der Waals surface area contributed by atoms with E-state index in [1.165, 1.54) is 5.56 Å². The van der Waals surface area contributed by atoms with Crippen molar-refractivity contribution in [1.82, 2.24) is 0 Å². The number of anilines is 1. The van der Waals surface area contributed by atoms with E-state index < -0.39 is 0 Å². The maximum Gasteiger partial charge on any atom is 0.131 e. The first kappa shape index (κ1) is 14.7. The summed E-state index contributed by atoms with van der Waals surface area (Å²) in [5.74, 6) is 1.54. The molecule has 3 heteroatoms. The van der Waals surface area contributed by atoms with Crippen LogP contribution < -0.4 is 10.5 Å². The van der Waals surface area contributed by atoms with Crippen LogP contribution in [0.5, 0.6) is 11.5 Å². The van der Waals surface area contributed by atoms with E-state index in [-0.39, 0.29) is 5.41 Å². The molecule has 20 heavy (non-hydrogen) atoms. The third-order valence-electron chi connectivity index (χ3n) is 3.22. The molecular formula is C17H20ClNO. The van der Waals surface area contributed by atoms with Crippen LogP contribution >= 0.6 is 11.6 Å². The normalized spacial score (nSPS) is 11.4. The number of nitrogens with two attached hydrogens (primary N) is 1. The van der Waals surface area contributed by atoms with E-state index in [4.69, 9.17) is 22.1 Å². The van der Waals surface area contributed by atoms with Gasteiger partial charge in [-0.2, -0.15) is 0 Å². The Hall–Kier alpha value is -1.67. The molecule has 0 heterocycles. The Morgan fingerprint density at radius 3 is 2.45 bits per heavy atom. The Balaban J connectivity index is 2.33. The Labute approximate surface area is 125 Å². The van der Waals surface area contributed by atoms with E-state index in [1.807, 2.05) is 25.1 Å². The fourth-order valence-electron chi connectivity index (χ4n) is 1.95. The van der Waals surface area contributed by atoms with Gasteiger partial charge in [0.15, 0.2) is 0 Å². The maximum atomic E-state index is 6.05. The molecule has 0 saturated carbocycles. The molecule has 2 N–H and O–H groups in total. The largest absolute Gasteiger partial charge is 0.457 e. The monoisotopic (exact) mass is 289 g/mol. The molecule has 2 rings (SSSR count). The van der Waals surface area contributed by atoms with Crippen molar-refractivity contribution in [3.63, 3.8) is 0 Å². The second-order valence-corrected chi connectivity index (χ2v) is 6.43. The van der Waals surface area contributed by atoms with E-state index in [1.54, 1.807) is 6.07 Å². The van der Waals surface area contributed by atoms with E-state index in [0.29, 0.717) is 10.7 Å². The smallest absolute Gasteiger partial charge is 0.131 e. The molecule has 0 saturated heterocycles. The molecule has 0 aliphatic carbocycles. The lowest BCUT2D eigenvalue weighted by molar-refractivity contribution is 0.475. The van der Waals surface area contributed by atoms with Crippen molar-refractivity contribution in [1.29, 1.82) is 0 Å². The summed E-state index contributed by atoms with van der Waals surface area (Å²) in [6.45, 7) is 8.49. The van der Waals surface area contributed by atoms with Crippen molar-refractivity contribution in [2.24, 2.45) is 0 Å². The van der Waals surface area contributed by atoms with Gasteiger partial charge in [-0.05, 0) is 41.7 Å². The van der Waals surface area contributed by atoms with Gasteiger partial charge in [-0.3, -0.25) is 0 Å². The fourth-order valence-corrected chi connectivity index (χ4v) is 2.10. The third kappa shape index (κ3) is 3.26. The minimum atomic E-state index is 0.0905. The highest BCUT2D eigenvalue weighted by Gasteiger charge is 2.14. The van der Waals surface area contributed by atoms with Crippen LogP contribution in [-0.2, 0) is 5.41 Å². The van der Waals surface area contributed by atoms with Gasteiger partial charge >= 0.3 is 0 Å². The van der Waals surface area contributed by atoms with Gasteiger partial charge in [-0.25, -0.2) is 0 Å². The number of rotatable bonds is 2. The van der Waals surface area contributed by atoms with Crippen LogP contribution in [0.4, 0.5) is 5.69 Å². The number of benzene rings is 2. The van der Waals surface area contributed by atoms with Crippen LogP contribution in [0.3, 0.4) is 0 Å². The summed E-state index contributed by atoms with van der Waals surface area (Å²) in [7, 11) is 0. The van der Waals surface area contributed by atoms with Crippen molar-refractivity contribution >= 4 is 17.3 Å². The molecule has 2 aromatic rings. The fraction of sp³-hybridized carbons (Fsp3) is 0.294. The Morgan fingerprint density at radius 1 is 1.10 bits per heavy atom. The van der Waals surface area contributed by atoms with Gasteiger partial charge in [0.25, 0.3) is 0 Å². The molecule has 0 aromatic heterocycles. The Kier molecular flexibility index (Phi) is 3.96. The van der Waals surface area contributed by atoms with Crippen molar-refractivity contribution < 1.29 is 4.74 Å². The van der Waals surface area contributed by atoms with Crippen molar-refractivity contribution in [3.05, 3.63) is 52.5 Å². The second kappa shape index (κ2) is 5.37. The minimum Gasteiger partial charge on any atom is -0.457 e. The predicted octanol–water partition coefficient (Wildman–Crippen LogP) is 5.32. The van der Waals surface area contributed by atoms with Crippen LogP contribution in [0.25, 0.3) is 0 Å². The van der Waals surface area contributed by atoms with Gasteiger partial charge in [0.05, 0.1) is 10.7 Å². The van der Waals surface area contributed by atoms with Crippen molar-refractivity contribution in [3.8, 4) is 11.5 Å². The predicted molar refractivity (Wildman–Crippen MR) is 85.8 cm³/mol. The summed E-state index contributed by atoms with van der Waals surface area (Å²) in [6.07, 6.45) is 0. The van der Waals surface area contributed by atoms with Crippen LogP contribution in [0.15, 0.2) is 36.4 Å². The molecule has 0 bridgehead atoms. The zero-order chi connectivity index (χ0) is 14.9. The lowest BCUT2D eigenvalue weighted by Gasteiger charge is -2.20. The zero-order valence-electron chi connectivity index (χ0n) is 12.3. The molecule has 0 aliphatic heterocycles. The summed E-state index contributed by atoms with van der Waals surface area (Å²) in [5, 5.41) is 0.512. The molecule has 2 nitrogen and oxygen atoms in total. The molecule has 0 amide bonds. The number of aryl methyl sites for hydroxylation is 1. The standard InChI is InChI=1S/C17H20ClNO/c1-11-8-15(19)14(18)10-16(11)20-13-7-5-6-12(9-13)17(2,3)4/h5-10H,19H2,1-4H3. The van der Waals surface area contributed by atoms with Gasteiger partial charge in [-0.15, -0.1) is 0 Å². The highest BCUT2D eigenvalue weighted by molar-refractivity contribution is 6.33. The lowest BCUT2D eigenvalue weighted by atomic mass is 9.87. The maximum absolute atomic E-state index is 6.05. The average molecular weight is 290 g/mol. The van der Waals surface area contributed by atoms with Crippen LogP contribution in [0, 0.1) is 6.92 Å². The molecule has 0 aliphatic rings. The van der Waals surface area contributed by atoms with E-state index in [9.17, 15) is 0 Å². The van der Waals surface area contributed by atoms with Crippen molar-refractivity contribution in [2.45, 2.75) is 33.1 Å². The highest BCUT2D eigenvalue weighted by atomic mass is 35.5. The van der Waals surface area contributed by atoms with Crippen molar-refractivity contribution in [2.75, 3.05) is 5.73 Å². The van der Waals surface area contributed by atoms with Crippen LogP contribution in [0.2, 0.25) is 5.02 Å². The highest BCUT2D eigenvalue weighted by Crippen LogP contribution is 2.33. The van der Waals surface area contributed by atoms with Gasteiger partial charge in [0, 0.05) is 6.07 Å². The summed E-state index contributed by atoms with van der Waals surface area (Å²) >= 11 is 6.05. The number of hydrogen-bond acceptors (Lipinski definition) is 2. The summed E-state index contributed by atoms with van der Waals surface area (Å²) < 4.78 is 5.94. The minimum absolute atomic E-state index is 0.0905. The van der Waals surface area contributed by atoms with Gasteiger partial charge < -0.3 is 10.5 Å². The molecule has 0 spiro atoms. The van der Waals surface area contributed by atoms with Crippen LogP contribution in [0.1, 0.15) is 31.9 Å². The van der Waals surface area contributed by atoms with Crippen LogP contribution in [-0.4, -0.2) is 0 Å². The molecule has 2 aromatic carbocycles. The Bertz CT molecular complexity index is 629. The summed E-state index contributed by atoms with van der Waals surface area (Å²) in [5.41, 5.74) is 8.63. The van der Waals surface area contributed by atoms with E-state index in [2.05, 4.69) is 32.9 Å². The third-order valence-corrected chi connectivity index (χ3v) is 3.55. The zero-order valence-corrected chi connectivity index (χ0v) is 13.1. The average Bonchev–Trinajstić information content (AvgIpc) is 2.35. The molecular weight excluding hydrogens is 270 g/mol. The van der Waals surface area contributed by atoms with Gasteiger partial charge in [0.1, 0.15) is 11.5 Å². The molecule has 0 fully saturated rings. The first-order valence-electron chi connectivity index (χ1n) is 6.61. The second-order valence-electron chi connectivity index (χ2n) is 6.02. The Morgan fingerprint density at radius 2 is 1.80 bits per heavy atom. The number of halogens is 1.